The molecule has 152 valence electrons. The second-order valence-corrected chi connectivity index (χ2v) is 7.51. The molecule has 0 bridgehead atoms. The van der Waals surface area contributed by atoms with E-state index in [0.29, 0.717) is 51.0 Å². The fourth-order valence-corrected chi connectivity index (χ4v) is 3.37. The van der Waals surface area contributed by atoms with E-state index < -0.39 is 0 Å². The van der Waals surface area contributed by atoms with E-state index in [-0.39, 0.29) is 18.0 Å². The Morgan fingerprint density at radius 3 is 2.46 bits per heavy atom. The summed E-state index contributed by atoms with van der Waals surface area (Å²) in [6, 6.07) is 9.63. The average Bonchev–Trinajstić information content (AvgIpc) is 3.14. The molecule has 1 aromatic heterocycles. The molecule has 3 rings (SSSR count). The molecule has 2 aromatic rings. The number of carbonyl (C=O) groups excluding carboxylic acids is 2. The molecule has 7 nitrogen and oxygen atoms in total. The summed E-state index contributed by atoms with van der Waals surface area (Å²) in [7, 11) is 0. The second-order valence-electron chi connectivity index (χ2n) is 7.51. The number of aromatic amines is 1. The van der Waals surface area contributed by atoms with E-state index in [4.69, 9.17) is 4.74 Å². The highest BCUT2D eigenvalue weighted by atomic mass is 16.5. The highest BCUT2D eigenvalue weighted by Crippen LogP contribution is 2.17. The van der Waals surface area contributed by atoms with Crippen molar-refractivity contribution in [3.63, 3.8) is 0 Å². The molecular formula is C21H30N4O3. The topological polar surface area (TPSA) is 77.7 Å². The molecule has 0 aliphatic carbocycles. The van der Waals surface area contributed by atoms with Gasteiger partial charge in [-0.1, -0.05) is 32.0 Å². The van der Waals surface area contributed by atoms with Gasteiger partial charge in [-0.05, 0) is 25.0 Å². The first kappa shape index (κ1) is 20.2. The van der Waals surface area contributed by atoms with Crippen LogP contribution in [0.25, 0.3) is 10.9 Å². The van der Waals surface area contributed by atoms with Gasteiger partial charge in [0, 0.05) is 43.7 Å². The molecule has 7 heteroatoms. The Labute approximate surface area is 166 Å². The first-order chi connectivity index (χ1) is 13.5. The van der Waals surface area contributed by atoms with Gasteiger partial charge in [0.25, 0.3) is 5.91 Å². The van der Waals surface area contributed by atoms with Crippen LogP contribution < -0.4 is 5.32 Å². The Morgan fingerprint density at radius 2 is 1.82 bits per heavy atom. The zero-order valence-electron chi connectivity index (χ0n) is 16.9. The molecule has 0 unspecified atom stereocenters. The summed E-state index contributed by atoms with van der Waals surface area (Å²) >= 11 is 0. The Balaban J connectivity index is 1.54. The Kier molecular flexibility index (Phi) is 6.57. The number of fused-ring (bicyclic) bond motifs is 1. The number of piperazine rings is 1. The van der Waals surface area contributed by atoms with Crippen LogP contribution in [0, 0.1) is 5.92 Å². The summed E-state index contributed by atoms with van der Waals surface area (Å²) in [5, 5.41) is 4.09. The summed E-state index contributed by atoms with van der Waals surface area (Å²) in [5.41, 5.74) is 1.55. The van der Waals surface area contributed by atoms with Crippen LogP contribution in [0.3, 0.4) is 0 Å². The van der Waals surface area contributed by atoms with Crippen molar-refractivity contribution in [2.24, 2.45) is 5.92 Å². The van der Waals surface area contributed by atoms with Gasteiger partial charge in [-0.25, -0.2) is 4.79 Å². The SMILES string of the molecule is CCOC[C@@H](NC(=O)N1CCN(C(=O)c2cc3ccccc3[nH]2)CC1)C(C)C. The van der Waals surface area contributed by atoms with E-state index in [1.54, 1.807) is 9.80 Å². The minimum atomic E-state index is -0.0869. The van der Waals surface area contributed by atoms with Crippen LogP contribution in [0.5, 0.6) is 0 Å². The van der Waals surface area contributed by atoms with Gasteiger partial charge >= 0.3 is 6.03 Å². The number of hydrogen-bond donors (Lipinski definition) is 2. The molecule has 0 radical (unpaired) electrons. The highest BCUT2D eigenvalue weighted by molar-refractivity contribution is 5.98. The number of urea groups is 1. The summed E-state index contributed by atoms with van der Waals surface area (Å²) < 4.78 is 5.48. The van der Waals surface area contributed by atoms with E-state index in [1.165, 1.54) is 0 Å². The number of hydrogen-bond acceptors (Lipinski definition) is 3. The van der Waals surface area contributed by atoms with E-state index in [2.05, 4.69) is 24.1 Å². The molecule has 1 aliphatic rings. The summed E-state index contributed by atoms with van der Waals surface area (Å²) in [4.78, 5) is 32.1. The van der Waals surface area contributed by atoms with Crippen molar-refractivity contribution >= 4 is 22.8 Å². The van der Waals surface area contributed by atoms with Gasteiger partial charge in [0.2, 0.25) is 0 Å². The standard InChI is InChI=1S/C21H30N4O3/c1-4-28-14-19(15(2)3)23-21(27)25-11-9-24(10-12-25)20(26)18-13-16-7-5-6-8-17(16)22-18/h5-8,13,15,19,22H,4,9-12,14H2,1-3H3,(H,23,27)/t19-/m1/s1. The number of para-hydroxylation sites is 1. The number of rotatable bonds is 6. The molecule has 0 spiro atoms. The van der Waals surface area contributed by atoms with Gasteiger partial charge in [-0.15, -0.1) is 0 Å². The van der Waals surface area contributed by atoms with E-state index in [9.17, 15) is 9.59 Å². The van der Waals surface area contributed by atoms with Gasteiger partial charge in [0.15, 0.2) is 0 Å². The minimum Gasteiger partial charge on any atom is -0.380 e. The lowest BCUT2D eigenvalue weighted by Gasteiger charge is -2.35. The molecule has 1 saturated heterocycles. The smallest absolute Gasteiger partial charge is 0.317 e. The molecule has 2 N–H and O–H groups in total. The van der Waals surface area contributed by atoms with E-state index in [1.807, 2.05) is 37.3 Å². The third kappa shape index (κ3) is 4.65. The van der Waals surface area contributed by atoms with Gasteiger partial charge in [-0.2, -0.15) is 0 Å². The number of benzene rings is 1. The molecular weight excluding hydrogens is 356 g/mol. The predicted octanol–water partition coefficient (Wildman–Crippen LogP) is 2.70. The van der Waals surface area contributed by atoms with Crippen LogP contribution in [-0.4, -0.2) is 72.2 Å². The van der Waals surface area contributed by atoms with E-state index >= 15 is 0 Å². The van der Waals surface area contributed by atoms with Crippen LogP contribution in [0.15, 0.2) is 30.3 Å². The summed E-state index contributed by atoms with van der Waals surface area (Å²) in [6.45, 7) is 9.34. The molecule has 1 atom stereocenters. The maximum atomic E-state index is 12.8. The predicted molar refractivity (Wildman–Crippen MR) is 109 cm³/mol. The highest BCUT2D eigenvalue weighted by Gasteiger charge is 2.27. The van der Waals surface area contributed by atoms with Crippen LogP contribution in [0.2, 0.25) is 0 Å². The largest absolute Gasteiger partial charge is 0.380 e. The van der Waals surface area contributed by atoms with Gasteiger partial charge in [0.1, 0.15) is 5.69 Å². The fourth-order valence-electron chi connectivity index (χ4n) is 3.37. The average molecular weight is 386 g/mol. The van der Waals surface area contributed by atoms with Crippen LogP contribution in [0.4, 0.5) is 4.79 Å². The van der Waals surface area contributed by atoms with Crippen LogP contribution >= 0.6 is 0 Å². The Bertz CT molecular complexity index is 776. The van der Waals surface area contributed by atoms with Gasteiger partial charge in [0.05, 0.1) is 12.6 Å². The first-order valence-corrected chi connectivity index (χ1v) is 9.99. The number of nitrogens with zero attached hydrogens (tertiary/aromatic N) is 2. The number of H-pyrrole nitrogens is 1. The summed E-state index contributed by atoms with van der Waals surface area (Å²) in [6.07, 6.45) is 0. The van der Waals surface area contributed by atoms with Crippen molar-refractivity contribution in [1.82, 2.24) is 20.1 Å². The first-order valence-electron chi connectivity index (χ1n) is 9.99. The fraction of sp³-hybridized carbons (Fsp3) is 0.524. The molecule has 2 heterocycles. The van der Waals surface area contributed by atoms with Crippen molar-refractivity contribution in [1.29, 1.82) is 0 Å². The van der Waals surface area contributed by atoms with Crippen molar-refractivity contribution in [2.75, 3.05) is 39.4 Å². The minimum absolute atomic E-state index is 0.0153. The molecule has 0 saturated carbocycles. The molecule has 1 fully saturated rings. The number of ether oxygens (including phenoxy) is 1. The van der Waals surface area contributed by atoms with Crippen LogP contribution in [0.1, 0.15) is 31.3 Å². The zero-order chi connectivity index (χ0) is 20.1. The number of carbonyl (C=O) groups is 2. The van der Waals surface area contributed by atoms with Crippen molar-refractivity contribution in [2.45, 2.75) is 26.8 Å². The van der Waals surface area contributed by atoms with Gasteiger partial charge < -0.3 is 24.8 Å². The third-order valence-electron chi connectivity index (χ3n) is 5.23. The summed E-state index contributed by atoms with van der Waals surface area (Å²) in [5.74, 6) is 0.271. The molecule has 1 aromatic carbocycles. The second kappa shape index (κ2) is 9.10. The van der Waals surface area contributed by atoms with Crippen molar-refractivity contribution in [3.8, 4) is 0 Å². The maximum absolute atomic E-state index is 12.8. The molecule has 1 aliphatic heterocycles. The maximum Gasteiger partial charge on any atom is 0.317 e. The molecule has 3 amide bonds. The Morgan fingerprint density at radius 1 is 1.14 bits per heavy atom. The van der Waals surface area contributed by atoms with Crippen molar-refractivity contribution in [3.05, 3.63) is 36.0 Å². The molecule has 28 heavy (non-hydrogen) atoms. The van der Waals surface area contributed by atoms with Crippen LogP contribution in [-0.2, 0) is 4.74 Å². The van der Waals surface area contributed by atoms with Crippen molar-refractivity contribution < 1.29 is 14.3 Å². The number of amides is 3. The zero-order valence-corrected chi connectivity index (χ0v) is 16.9. The lowest BCUT2D eigenvalue weighted by molar-refractivity contribution is 0.0649. The van der Waals surface area contributed by atoms with Gasteiger partial charge in [-0.3, -0.25) is 4.79 Å². The Hall–Kier alpha value is -2.54. The number of nitrogens with one attached hydrogen (secondary N) is 2. The lowest BCUT2D eigenvalue weighted by Crippen LogP contribution is -2.55. The quantitative estimate of drug-likeness (QED) is 0.801. The normalized spacial score (nSPS) is 15.9. The third-order valence-corrected chi connectivity index (χ3v) is 5.23. The number of aromatic nitrogens is 1. The van der Waals surface area contributed by atoms with E-state index in [0.717, 1.165) is 10.9 Å². The lowest BCUT2D eigenvalue weighted by atomic mass is 10.1. The monoisotopic (exact) mass is 386 g/mol.